The first-order chi connectivity index (χ1) is 11.9. The molecule has 0 aliphatic carbocycles. The molecule has 0 fully saturated rings. The highest BCUT2D eigenvalue weighted by atomic mass is 32.2. The predicted octanol–water partition coefficient (Wildman–Crippen LogP) is 2.41. The van der Waals surface area contributed by atoms with Gasteiger partial charge in [0.2, 0.25) is 15.9 Å². The molecular formula is C18H20N2O4S. The number of hydrogen-bond donors (Lipinski definition) is 2. The lowest BCUT2D eigenvalue weighted by molar-refractivity contribution is -0.116. The number of carbonyl (C=O) groups is 1. The number of benzene rings is 2. The Labute approximate surface area is 147 Å². The van der Waals surface area contributed by atoms with Crippen molar-refractivity contribution in [2.24, 2.45) is 0 Å². The average Bonchev–Trinajstić information content (AvgIpc) is 2.86. The van der Waals surface area contributed by atoms with Gasteiger partial charge in [-0.15, -0.1) is 0 Å². The van der Waals surface area contributed by atoms with Crippen molar-refractivity contribution in [2.45, 2.75) is 24.7 Å². The summed E-state index contributed by atoms with van der Waals surface area (Å²) in [6.07, 6.45) is 0. The van der Waals surface area contributed by atoms with Crippen LogP contribution in [0.2, 0.25) is 0 Å². The van der Waals surface area contributed by atoms with Crippen molar-refractivity contribution in [1.29, 1.82) is 0 Å². The van der Waals surface area contributed by atoms with Gasteiger partial charge in [-0.1, -0.05) is 12.1 Å². The van der Waals surface area contributed by atoms with Crippen LogP contribution in [0.4, 0.5) is 5.69 Å². The SMILES string of the molecule is Cc1cccc(OCCNS(=O)(=O)c2ccc3c(c2)[C@H](C)C(=O)N3)c1. The van der Waals surface area contributed by atoms with Crippen molar-refractivity contribution in [3.63, 3.8) is 0 Å². The highest BCUT2D eigenvalue weighted by Crippen LogP contribution is 2.33. The summed E-state index contributed by atoms with van der Waals surface area (Å²) < 4.78 is 32.9. The molecule has 0 aromatic heterocycles. The molecule has 1 atom stereocenters. The second-order valence-corrected chi connectivity index (χ2v) is 7.79. The zero-order valence-corrected chi connectivity index (χ0v) is 14.9. The molecule has 1 aliphatic rings. The number of hydrogen-bond acceptors (Lipinski definition) is 4. The number of sulfonamides is 1. The fraction of sp³-hybridized carbons (Fsp3) is 0.278. The fourth-order valence-electron chi connectivity index (χ4n) is 2.70. The Morgan fingerprint density at radius 3 is 2.76 bits per heavy atom. The molecule has 2 aromatic carbocycles. The van der Waals surface area contributed by atoms with Gasteiger partial charge in [0.1, 0.15) is 12.4 Å². The summed E-state index contributed by atoms with van der Waals surface area (Å²) in [4.78, 5) is 11.8. The lowest BCUT2D eigenvalue weighted by Crippen LogP contribution is -2.28. The Balaban J connectivity index is 1.62. The molecule has 0 unspecified atom stereocenters. The van der Waals surface area contributed by atoms with Gasteiger partial charge in [-0.25, -0.2) is 13.1 Å². The van der Waals surface area contributed by atoms with Crippen molar-refractivity contribution in [3.8, 4) is 5.75 Å². The maximum Gasteiger partial charge on any atom is 0.240 e. The van der Waals surface area contributed by atoms with Gasteiger partial charge in [-0.3, -0.25) is 4.79 Å². The smallest absolute Gasteiger partial charge is 0.240 e. The largest absolute Gasteiger partial charge is 0.492 e. The van der Waals surface area contributed by atoms with Crippen LogP contribution in [0, 0.1) is 6.92 Å². The van der Waals surface area contributed by atoms with E-state index in [9.17, 15) is 13.2 Å². The number of ether oxygens (including phenoxy) is 1. The quantitative estimate of drug-likeness (QED) is 0.775. The van der Waals surface area contributed by atoms with E-state index in [1.165, 1.54) is 6.07 Å². The van der Waals surface area contributed by atoms with Gasteiger partial charge in [0.05, 0.1) is 10.8 Å². The second-order valence-electron chi connectivity index (χ2n) is 6.02. The molecule has 2 aromatic rings. The average molecular weight is 360 g/mol. The highest BCUT2D eigenvalue weighted by molar-refractivity contribution is 7.89. The molecule has 1 heterocycles. The molecule has 7 heteroatoms. The third kappa shape index (κ3) is 3.83. The van der Waals surface area contributed by atoms with E-state index in [1.807, 2.05) is 31.2 Å². The van der Waals surface area contributed by atoms with Gasteiger partial charge in [-0.05, 0) is 55.3 Å². The van der Waals surface area contributed by atoms with Crippen LogP contribution in [0.1, 0.15) is 24.0 Å². The van der Waals surface area contributed by atoms with Crippen molar-refractivity contribution < 1.29 is 17.9 Å². The number of carbonyl (C=O) groups excluding carboxylic acids is 1. The number of aryl methyl sites for hydroxylation is 1. The lowest BCUT2D eigenvalue weighted by Gasteiger charge is -2.10. The van der Waals surface area contributed by atoms with Crippen molar-refractivity contribution >= 4 is 21.6 Å². The summed E-state index contributed by atoms with van der Waals surface area (Å²) in [6, 6.07) is 12.2. The minimum absolute atomic E-state index is 0.121. The van der Waals surface area contributed by atoms with Crippen LogP contribution >= 0.6 is 0 Å². The molecule has 3 rings (SSSR count). The minimum Gasteiger partial charge on any atom is -0.492 e. The Morgan fingerprint density at radius 2 is 2.00 bits per heavy atom. The van der Waals surface area contributed by atoms with E-state index in [-0.39, 0.29) is 29.9 Å². The van der Waals surface area contributed by atoms with E-state index in [0.29, 0.717) is 17.0 Å². The van der Waals surface area contributed by atoms with Crippen LogP contribution < -0.4 is 14.8 Å². The molecule has 25 heavy (non-hydrogen) atoms. The zero-order chi connectivity index (χ0) is 18.0. The van der Waals surface area contributed by atoms with Crippen molar-refractivity contribution in [3.05, 3.63) is 53.6 Å². The zero-order valence-electron chi connectivity index (χ0n) is 14.1. The highest BCUT2D eigenvalue weighted by Gasteiger charge is 2.28. The topological polar surface area (TPSA) is 84.5 Å². The number of anilines is 1. The monoisotopic (exact) mass is 360 g/mol. The number of amides is 1. The normalized spacial score (nSPS) is 16.4. The van der Waals surface area contributed by atoms with E-state index < -0.39 is 10.0 Å². The second kappa shape index (κ2) is 6.85. The Hall–Kier alpha value is -2.38. The molecule has 2 N–H and O–H groups in total. The third-order valence-corrected chi connectivity index (χ3v) is 5.56. The number of nitrogens with one attached hydrogen (secondary N) is 2. The molecule has 6 nitrogen and oxygen atoms in total. The Bertz CT molecular complexity index is 909. The maximum atomic E-state index is 12.4. The summed E-state index contributed by atoms with van der Waals surface area (Å²) in [5.74, 6) is 0.231. The molecule has 0 spiro atoms. The molecule has 0 bridgehead atoms. The number of rotatable bonds is 6. The van der Waals surface area contributed by atoms with Crippen molar-refractivity contribution in [1.82, 2.24) is 4.72 Å². The molecule has 0 saturated carbocycles. The standard InChI is InChI=1S/C18H20N2O4S/c1-12-4-3-5-14(10-12)24-9-8-19-25(22,23)15-6-7-17-16(11-15)13(2)18(21)20-17/h3-7,10-11,13,19H,8-9H2,1-2H3,(H,20,21)/t13-/m0/s1. The van der Waals surface area contributed by atoms with Gasteiger partial charge in [0, 0.05) is 12.2 Å². The molecule has 0 saturated heterocycles. The number of fused-ring (bicyclic) bond motifs is 1. The summed E-state index contributed by atoms with van der Waals surface area (Å²) >= 11 is 0. The first kappa shape index (κ1) is 17.4. The van der Waals surface area contributed by atoms with Gasteiger partial charge < -0.3 is 10.1 Å². The summed E-state index contributed by atoms with van der Waals surface area (Å²) in [6.45, 7) is 4.09. The maximum absolute atomic E-state index is 12.4. The van der Waals surface area contributed by atoms with Crippen LogP contribution in [-0.4, -0.2) is 27.5 Å². The Morgan fingerprint density at radius 1 is 1.20 bits per heavy atom. The van der Waals surface area contributed by atoms with E-state index >= 15 is 0 Å². The van der Waals surface area contributed by atoms with E-state index in [4.69, 9.17) is 4.74 Å². The molecule has 0 radical (unpaired) electrons. The molecule has 1 aliphatic heterocycles. The van der Waals surface area contributed by atoms with Gasteiger partial charge in [0.15, 0.2) is 0 Å². The summed E-state index contributed by atoms with van der Waals surface area (Å²) in [5, 5.41) is 2.73. The first-order valence-electron chi connectivity index (χ1n) is 8.01. The van der Waals surface area contributed by atoms with Crippen LogP contribution in [-0.2, 0) is 14.8 Å². The van der Waals surface area contributed by atoms with Gasteiger partial charge >= 0.3 is 0 Å². The van der Waals surface area contributed by atoms with Crippen LogP contribution in [0.25, 0.3) is 0 Å². The molecule has 1 amide bonds. The first-order valence-corrected chi connectivity index (χ1v) is 9.49. The van der Waals surface area contributed by atoms with Gasteiger partial charge in [0.25, 0.3) is 0 Å². The summed E-state index contributed by atoms with van der Waals surface area (Å²) in [7, 11) is -3.65. The van der Waals surface area contributed by atoms with Crippen molar-refractivity contribution in [2.75, 3.05) is 18.5 Å². The third-order valence-electron chi connectivity index (χ3n) is 4.10. The lowest BCUT2D eigenvalue weighted by atomic mass is 10.0. The van der Waals surface area contributed by atoms with E-state index in [0.717, 1.165) is 5.56 Å². The molecule has 132 valence electrons. The van der Waals surface area contributed by atoms with Crippen LogP contribution in [0.3, 0.4) is 0 Å². The van der Waals surface area contributed by atoms with E-state index in [1.54, 1.807) is 19.1 Å². The van der Waals surface area contributed by atoms with Crippen LogP contribution in [0.15, 0.2) is 47.4 Å². The van der Waals surface area contributed by atoms with Gasteiger partial charge in [-0.2, -0.15) is 0 Å². The Kier molecular flexibility index (Phi) is 4.78. The van der Waals surface area contributed by atoms with E-state index in [2.05, 4.69) is 10.0 Å². The minimum atomic E-state index is -3.65. The molecular weight excluding hydrogens is 340 g/mol. The van der Waals surface area contributed by atoms with Crippen LogP contribution in [0.5, 0.6) is 5.75 Å². The fourth-order valence-corrected chi connectivity index (χ4v) is 3.74. The predicted molar refractivity (Wildman–Crippen MR) is 95.3 cm³/mol. The summed E-state index contributed by atoms with van der Waals surface area (Å²) in [5.41, 5.74) is 2.44.